The van der Waals surface area contributed by atoms with Gasteiger partial charge in [-0.3, -0.25) is 9.69 Å². The molecule has 1 amide bonds. The molecule has 0 spiro atoms. The van der Waals surface area contributed by atoms with E-state index in [4.69, 9.17) is 4.74 Å². The second kappa shape index (κ2) is 7.90. The maximum Gasteiger partial charge on any atom is 0.224 e. The van der Waals surface area contributed by atoms with Gasteiger partial charge in [-0.05, 0) is 30.5 Å². The molecule has 1 aromatic rings. The molecular formula is C18H28N2O3. The molecule has 23 heavy (non-hydrogen) atoms. The molecule has 1 fully saturated rings. The number of benzene rings is 1. The summed E-state index contributed by atoms with van der Waals surface area (Å²) in [6.45, 7) is 2.89. The minimum atomic E-state index is -0.913. The summed E-state index contributed by atoms with van der Waals surface area (Å²) in [7, 11) is 5.15. The number of methoxy groups -OCH3 is 1. The number of aliphatic hydroxyl groups is 1. The van der Waals surface area contributed by atoms with Crippen LogP contribution < -0.4 is 0 Å². The van der Waals surface area contributed by atoms with Crippen molar-refractivity contribution in [3.8, 4) is 0 Å². The van der Waals surface area contributed by atoms with Crippen molar-refractivity contribution in [3.63, 3.8) is 0 Å². The average molecular weight is 320 g/mol. The fourth-order valence-corrected chi connectivity index (χ4v) is 3.17. The molecule has 1 saturated heterocycles. The second-order valence-electron chi connectivity index (χ2n) is 6.76. The van der Waals surface area contributed by atoms with E-state index in [0.29, 0.717) is 19.6 Å². The third-order valence-electron chi connectivity index (χ3n) is 4.32. The maximum atomic E-state index is 11.9. The first-order valence-electron chi connectivity index (χ1n) is 8.13. The predicted octanol–water partition coefficient (Wildman–Crippen LogP) is 1.64. The zero-order chi connectivity index (χ0) is 16.9. The van der Waals surface area contributed by atoms with Crippen LogP contribution in [0.25, 0.3) is 0 Å². The van der Waals surface area contributed by atoms with Gasteiger partial charge in [0.05, 0.1) is 18.6 Å². The minimum absolute atomic E-state index is 0.0172. The quantitative estimate of drug-likeness (QED) is 0.866. The van der Waals surface area contributed by atoms with E-state index in [1.807, 2.05) is 6.07 Å². The number of piperidine rings is 1. The number of hydrogen-bond acceptors (Lipinski definition) is 4. The van der Waals surface area contributed by atoms with Crippen molar-refractivity contribution >= 4 is 5.91 Å². The molecule has 0 aliphatic carbocycles. The highest BCUT2D eigenvalue weighted by atomic mass is 16.5. The van der Waals surface area contributed by atoms with Gasteiger partial charge < -0.3 is 14.7 Å². The van der Waals surface area contributed by atoms with Gasteiger partial charge in [0.25, 0.3) is 0 Å². The van der Waals surface area contributed by atoms with Crippen LogP contribution in [-0.2, 0) is 22.7 Å². The molecule has 1 N–H and O–H groups in total. The van der Waals surface area contributed by atoms with Crippen molar-refractivity contribution < 1.29 is 14.6 Å². The molecule has 0 bridgehead atoms. The van der Waals surface area contributed by atoms with Crippen molar-refractivity contribution in [2.75, 3.05) is 34.3 Å². The number of likely N-dealkylation sites (tertiary alicyclic amines) is 1. The second-order valence-corrected chi connectivity index (χ2v) is 6.76. The predicted molar refractivity (Wildman–Crippen MR) is 89.9 cm³/mol. The zero-order valence-electron chi connectivity index (χ0n) is 14.4. The average Bonchev–Trinajstić information content (AvgIpc) is 2.47. The smallest absolute Gasteiger partial charge is 0.224 e. The van der Waals surface area contributed by atoms with Crippen LogP contribution in [0.5, 0.6) is 0 Å². The third-order valence-corrected chi connectivity index (χ3v) is 4.32. The van der Waals surface area contributed by atoms with Crippen LogP contribution in [0.2, 0.25) is 0 Å². The van der Waals surface area contributed by atoms with Crippen LogP contribution in [0.1, 0.15) is 30.4 Å². The lowest BCUT2D eigenvalue weighted by molar-refractivity contribution is -0.136. The highest BCUT2D eigenvalue weighted by molar-refractivity contribution is 5.76. The first-order chi connectivity index (χ1) is 10.9. The van der Waals surface area contributed by atoms with Gasteiger partial charge in [-0.1, -0.05) is 24.3 Å². The monoisotopic (exact) mass is 320 g/mol. The first kappa shape index (κ1) is 17.9. The number of carbonyl (C=O) groups is 1. The molecule has 0 saturated carbocycles. The first-order valence-corrected chi connectivity index (χ1v) is 8.13. The van der Waals surface area contributed by atoms with Crippen molar-refractivity contribution in [1.82, 2.24) is 9.80 Å². The summed E-state index contributed by atoms with van der Waals surface area (Å²) in [5.41, 5.74) is 1.45. The molecule has 5 heteroatoms. The van der Waals surface area contributed by atoms with Gasteiger partial charge in [-0.2, -0.15) is 0 Å². The van der Waals surface area contributed by atoms with Gasteiger partial charge in [0.1, 0.15) is 0 Å². The van der Waals surface area contributed by atoms with Crippen molar-refractivity contribution in [3.05, 3.63) is 35.4 Å². The van der Waals surface area contributed by atoms with Crippen molar-refractivity contribution in [2.45, 2.75) is 38.0 Å². The summed E-state index contributed by atoms with van der Waals surface area (Å²) in [5.74, 6) is -0.0172. The molecule has 1 aliphatic rings. The molecule has 1 aromatic carbocycles. The summed E-state index contributed by atoms with van der Waals surface area (Å²) in [4.78, 5) is 15.7. The Balaban J connectivity index is 1.98. The number of nitrogens with zero attached hydrogens (tertiary/aromatic N) is 2. The molecule has 2 rings (SSSR count). The number of rotatable bonds is 6. The van der Waals surface area contributed by atoms with E-state index in [1.165, 1.54) is 5.56 Å². The van der Waals surface area contributed by atoms with Gasteiger partial charge >= 0.3 is 0 Å². The third kappa shape index (κ3) is 5.30. The van der Waals surface area contributed by atoms with Gasteiger partial charge in [0.2, 0.25) is 5.91 Å². The van der Waals surface area contributed by atoms with E-state index in [0.717, 1.165) is 25.1 Å². The Kier molecular flexibility index (Phi) is 6.16. The molecule has 0 aromatic heterocycles. The number of carbonyl (C=O) groups excluding carboxylic acids is 1. The van der Waals surface area contributed by atoms with Crippen LogP contribution in [-0.4, -0.2) is 60.7 Å². The normalized spacial score (nSPS) is 22.1. The largest absolute Gasteiger partial charge is 0.388 e. The molecule has 128 valence electrons. The number of β-amino-alcohol motifs (C(OH)–C–C–N with tert-alkyl or cyclic N) is 1. The summed E-state index contributed by atoms with van der Waals surface area (Å²) >= 11 is 0. The Hall–Kier alpha value is -1.43. The van der Waals surface area contributed by atoms with Gasteiger partial charge in [0, 0.05) is 34.3 Å². The van der Waals surface area contributed by atoms with E-state index in [-0.39, 0.29) is 12.3 Å². The molecule has 0 radical (unpaired) electrons. The van der Waals surface area contributed by atoms with Gasteiger partial charge in [0.15, 0.2) is 0 Å². The molecule has 1 atom stereocenters. The molecule has 1 aliphatic heterocycles. The highest BCUT2D eigenvalue weighted by Crippen LogP contribution is 2.26. The Labute approximate surface area is 138 Å². The van der Waals surface area contributed by atoms with E-state index in [9.17, 15) is 9.90 Å². The fraction of sp³-hybridized carbons (Fsp3) is 0.611. The van der Waals surface area contributed by atoms with E-state index < -0.39 is 5.60 Å². The molecule has 5 nitrogen and oxygen atoms in total. The number of ether oxygens (including phenoxy) is 1. The highest BCUT2D eigenvalue weighted by Gasteiger charge is 2.35. The van der Waals surface area contributed by atoms with E-state index in [1.54, 1.807) is 26.1 Å². The Bertz CT molecular complexity index is 533. The summed E-state index contributed by atoms with van der Waals surface area (Å²) in [5, 5.41) is 10.8. The summed E-state index contributed by atoms with van der Waals surface area (Å²) in [6, 6.07) is 8.32. The van der Waals surface area contributed by atoms with Crippen molar-refractivity contribution in [2.24, 2.45) is 0 Å². The Morgan fingerprint density at radius 3 is 2.83 bits per heavy atom. The van der Waals surface area contributed by atoms with E-state index in [2.05, 4.69) is 23.1 Å². The van der Waals surface area contributed by atoms with Gasteiger partial charge in [-0.25, -0.2) is 0 Å². The van der Waals surface area contributed by atoms with Crippen LogP contribution in [0.15, 0.2) is 24.3 Å². The van der Waals surface area contributed by atoms with Crippen LogP contribution in [0.4, 0.5) is 0 Å². The Morgan fingerprint density at radius 1 is 1.39 bits per heavy atom. The van der Waals surface area contributed by atoms with Crippen LogP contribution >= 0.6 is 0 Å². The summed E-state index contributed by atoms with van der Waals surface area (Å²) < 4.78 is 5.18. The lowest BCUT2D eigenvalue weighted by atomic mass is 9.89. The lowest BCUT2D eigenvalue weighted by Crippen LogP contribution is -2.50. The Morgan fingerprint density at radius 2 is 2.13 bits per heavy atom. The fourth-order valence-electron chi connectivity index (χ4n) is 3.17. The van der Waals surface area contributed by atoms with Crippen molar-refractivity contribution in [1.29, 1.82) is 0 Å². The van der Waals surface area contributed by atoms with E-state index >= 15 is 0 Å². The number of amides is 1. The molecule has 1 heterocycles. The maximum absolute atomic E-state index is 11.9. The lowest BCUT2D eigenvalue weighted by Gasteiger charge is -2.39. The van der Waals surface area contributed by atoms with Gasteiger partial charge in [-0.15, -0.1) is 0 Å². The zero-order valence-corrected chi connectivity index (χ0v) is 14.4. The van der Waals surface area contributed by atoms with Crippen LogP contribution in [0, 0.1) is 0 Å². The topological polar surface area (TPSA) is 53.0 Å². The summed E-state index contributed by atoms with van der Waals surface area (Å²) in [6.07, 6.45) is 1.79. The minimum Gasteiger partial charge on any atom is -0.388 e. The van der Waals surface area contributed by atoms with Crippen LogP contribution in [0.3, 0.4) is 0 Å². The molecular weight excluding hydrogens is 292 g/mol. The molecule has 1 unspecified atom stereocenters. The SMILES string of the molecule is COCc1cccc(CN2CCCC(O)(CC(=O)N(C)C)C2)c1. The number of hydrogen-bond donors (Lipinski definition) is 1. The standard InChI is InChI=1S/C18H28N2O3/c1-19(2)17(21)11-18(22)8-5-9-20(14-18)12-15-6-4-7-16(10-15)13-23-3/h4,6-7,10,22H,5,8-9,11-14H2,1-3H3.